The lowest BCUT2D eigenvalue weighted by Crippen LogP contribution is -2.29. The van der Waals surface area contributed by atoms with Crippen molar-refractivity contribution in [3.63, 3.8) is 0 Å². The molecule has 0 spiro atoms. The summed E-state index contributed by atoms with van der Waals surface area (Å²) in [6.45, 7) is 0.917. The fourth-order valence-electron chi connectivity index (χ4n) is 2.16. The van der Waals surface area contributed by atoms with E-state index in [1.54, 1.807) is 49.4 Å². The van der Waals surface area contributed by atoms with Crippen LogP contribution in [0.1, 0.15) is 29.3 Å². The van der Waals surface area contributed by atoms with E-state index in [4.69, 9.17) is 9.47 Å². The highest BCUT2D eigenvalue weighted by Gasteiger charge is 2.10. The molecular weight excluding hydrogens is 353 g/mol. The first-order valence-corrected chi connectivity index (χ1v) is 8.41. The SMILES string of the molecule is CCC(=O)c1ccc(OCC(=O)OCC(=O)NCc2ccccc2F)cc1. The van der Waals surface area contributed by atoms with Gasteiger partial charge >= 0.3 is 5.97 Å². The molecule has 0 heterocycles. The first-order chi connectivity index (χ1) is 13.0. The zero-order chi connectivity index (χ0) is 19.6. The van der Waals surface area contributed by atoms with Crippen LogP contribution >= 0.6 is 0 Å². The average molecular weight is 373 g/mol. The summed E-state index contributed by atoms with van der Waals surface area (Å²) in [7, 11) is 0. The molecule has 0 saturated heterocycles. The van der Waals surface area contributed by atoms with E-state index in [-0.39, 0.29) is 18.9 Å². The molecular formula is C20H20FNO5. The second-order valence-electron chi connectivity index (χ2n) is 5.62. The van der Waals surface area contributed by atoms with Crippen molar-refractivity contribution in [1.82, 2.24) is 5.32 Å². The van der Waals surface area contributed by atoms with Gasteiger partial charge in [-0.3, -0.25) is 9.59 Å². The van der Waals surface area contributed by atoms with Crippen molar-refractivity contribution < 1.29 is 28.2 Å². The van der Waals surface area contributed by atoms with E-state index >= 15 is 0 Å². The van der Waals surface area contributed by atoms with Crippen LogP contribution in [0.25, 0.3) is 0 Å². The zero-order valence-corrected chi connectivity index (χ0v) is 14.9. The number of carbonyl (C=O) groups excluding carboxylic acids is 3. The Morgan fingerprint density at radius 3 is 2.37 bits per heavy atom. The number of hydrogen-bond acceptors (Lipinski definition) is 5. The van der Waals surface area contributed by atoms with Gasteiger partial charge < -0.3 is 14.8 Å². The fraction of sp³-hybridized carbons (Fsp3) is 0.250. The molecule has 0 aliphatic carbocycles. The van der Waals surface area contributed by atoms with Crippen molar-refractivity contribution in [2.24, 2.45) is 0 Å². The lowest BCUT2D eigenvalue weighted by Gasteiger charge is -2.08. The summed E-state index contributed by atoms with van der Waals surface area (Å²) < 4.78 is 23.5. The first kappa shape index (κ1) is 20.1. The van der Waals surface area contributed by atoms with Crippen molar-refractivity contribution in [2.75, 3.05) is 13.2 Å². The highest BCUT2D eigenvalue weighted by molar-refractivity contribution is 5.95. The Kier molecular flexibility index (Phi) is 7.49. The normalized spacial score (nSPS) is 10.1. The molecule has 142 valence electrons. The Morgan fingerprint density at radius 1 is 1.00 bits per heavy atom. The van der Waals surface area contributed by atoms with E-state index in [0.29, 0.717) is 23.3 Å². The van der Waals surface area contributed by atoms with Crippen molar-refractivity contribution in [3.8, 4) is 5.75 Å². The van der Waals surface area contributed by atoms with Crippen LogP contribution in [0.5, 0.6) is 5.75 Å². The minimum Gasteiger partial charge on any atom is -0.482 e. The maximum absolute atomic E-state index is 13.4. The van der Waals surface area contributed by atoms with Gasteiger partial charge in [0, 0.05) is 24.1 Å². The molecule has 2 rings (SSSR count). The van der Waals surface area contributed by atoms with E-state index in [0.717, 1.165) is 0 Å². The number of ether oxygens (including phenoxy) is 2. The third kappa shape index (κ3) is 6.54. The molecule has 0 unspecified atom stereocenters. The Hall–Kier alpha value is -3.22. The highest BCUT2D eigenvalue weighted by atomic mass is 19.1. The molecule has 0 aromatic heterocycles. The van der Waals surface area contributed by atoms with Crippen LogP contribution in [0.15, 0.2) is 48.5 Å². The third-order valence-corrected chi connectivity index (χ3v) is 3.65. The molecule has 0 saturated carbocycles. The Balaban J connectivity index is 1.69. The number of benzene rings is 2. The molecule has 0 atom stereocenters. The van der Waals surface area contributed by atoms with Gasteiger partial charge in [-0.2, -0.15) is 0 Å². The van der Waals surface area contributed by atoms with E-state index in [1.807, 2.05) is 0 Å². The molecule has 0 aliphatic rings. The zero-order valence-electron chi connectivity index (χ0n) is 14.9. The standard InChI is InChI=1S/C20H20FNO5/c1-2-18(23)14-7-9-16(10-8-14)26-13-20(25)27-12-19(24)22-11-15-5-3-4-6-17(15)21/h3-10H,2,11-13H2,1H3,(H,22,24). The molecule has 0 fully saturated rings. The lowest BCUT2D eigenvalue weighted by molar-refractivity contribution is -0.150. The Bertz CT molecular complexity index is 804. The van der Waals surface area contributed by atoms with Gasteiger partial charge in [0.25, 0.3) is 5.91 Å². The molecule has 6 nitrogen and oxygen atoms in total. The summed E-state index contributed by atoms with van der Waals surface area (Å²) in [5.74, 6) is -1.26. The van der Waals surface area contributed by atoms with Crippen LogP contribution in [0.2, 0.25) is 0 Å². The molecule has 27 heavy (non-hydrogen) atoms. The topological polar surface area (TPSA) is 81.7 Å². The number of nitrogens with one attached hydrogen (secondary N) is 1. The summed E-state index contributed by atoms with van der Waals surface area (Å²) in [4.78, 5) is 34.8. The second kappa shape index (κ2) is 10.1. The predicted octanol–water partition coefficient (Wildman–Crippen LogP) is 2.66. The minimum atomic E-state index is -0.718. The van der Waals surface area contributed by atoms with Crippen LogP contribution < -0.4 is 10.1 Å². The van der Waals surface area contributed by atoms with Gasteiger partial charge in [0.2, 0.25) is 0 Å². The van der Waals surface area contributed by atoms with Crippen LogP contribution in [-0.4, -0.2) is 30.9 Å². The van der Waals surface area contributed by atoms with E-state index in [2.05, 4.69) is 5.32 Å². The van der Waals surface area contributed by atoms with Crippen LogP contribution in [0.4, 0.5) is 4.39 Å². The molecule has 0 aliphatic heterocycles. The highest BCUT2D eigenvalue weighted by Crippen LogP contribution is 2.13. The van der Waals surface area contributed by atoms with Crippen molar-refractivity contribution >= 4 is 17.7 Å². The number of amides is 1. The second-order valence-corrected chi connectivity index (χ2v) is 5.62. The summed E-state index contributed by atoms with van der Waals surface area (Å²) >= 11 is 0. The van der Waals surface area contributed by atoms with Crippen LogP contribution in [0.3, 0.4) is 0 Å². The Labute approximate surface area is 156 Å². The monoisotopic (exact) mass is 373 g/mol. The molecule has 1 N–H and O–H groups in total. The number of carbonyl (C=O) groups is 3. The van der Waals surface area contributed by atoms with Gasteiger partial charge in [0.15, 0.2) is 19.0 Å². The van der Waals surface area contributed by atoms with Crippen molar-refractivity contribution in [2.45, 2.75) is 19.9 Å². The van der Waals surface area contributed by atoms with Gasteiger partial charge in [-0.1, -0.05) is 25.1 Å². The smallest absolute Gasteiger partial charge is 0.344 e. The average Bonchev–Trinajstić information content (AvgIpc) is 2.69. The van der Waals surface area contributed by atoms with Gasteiger partial charge in [-0.25, -0.2) is 9.18 Å². The molecule has 2 aromatic rings. The van der Waals surface area contributed by atoms with Gasteiger partial charge in [-0.05, 0) is 30.3 Å². The fourth-order valence-corrected chi connectivity index (χ4v) is 2.16. The number of halogens is 1. The summed E-state index contributed by atoms with van der Waals surface area (Å²) in [5, 5.41) is 2.46. The maximum Gasteiger partial charge on any atom is 0.344 e. The predicted molar refractivity (Wildman–Crippen MR) is 95.8 cm³/mol. The molecule has 7 heteroatoms. The van der Waals surface area contributed by atoms with Crippen molar-refractivity contribution in [3.05, 3.63) is 65.5 Å². The summed E-state index contributed by atoms with van der Waals surface area (Å²) in [6, 6.07) is 12.4. The molecule has 0 radical (unpaired) electrons. The number of rotatable bonds is 9. The van der Waals surface area contributed by atoms with Crippen LogP contribution in [0, 0.1) is 5.82 Å². The van der Waals surface area contributed by atoms with Crippen LogP contribution in [-0.2, 0) is 20.9 Å². The maximum atomic E-state index is 13.4. The molecule has 2 aromatic carbocycles. The first-order valence-electron chi connectivity index (χ1n) is 8.41. The number of esters is 1. The number of hydrogen-bond donors (Lipinski definition) is 1. The lowest BCUT2D eigenvalue weighted by atomic mass is 10.1. The molecule has 0 bridgehead atoms. The Morgan fingerprint density at radius 2 is 1.70 bits per heavy atom. The molecule has 1 amide bonds. The van der Waals surface area contributed by atoms with Gasteiger partial charge in [-0.15, -0.1) is 0 Å². The minimum absolute atomic E-state index is 0.00237. The summed E-state index contributed by atoms with van der Waals surface area (Å²) in [5.41, 5.74) is 0.907. The van der Waals surface area contributed by atoms with Crippen molar-refractivity contribution in [1.29, 1.82) is 0 Å². The van der Waals surface area contributed by atoms with Gasteiger partial charge in [0.1, 0.15) is 11.6 Å². The third-order valence-electron chi connectivity index (χ3n) is 3.65. The van der Waals surface area contributed by atoms with E-state index in [9.17, 15) is 18.8 Å². The number of Topliss-reactive ketones (excluding diaryl/α,β-unsaturated/α-hetero) is 1. The van der Waals surface area contributed by atoms with E-state index in [1.165, 1.54) is 6.07 Å². The summed E-state index contributed by atoms with van der Waals surface area (Å²) in [6.07, 6.45) is 0.408. The van der Waals surface area contributed by atoms with E-state index < -0.39 is 24.3 Å². The van der Waals surface area contributed by atoms with Gasteiger partial charge in [0.05, 0.1) is 0 Å². The quantitative estimate of drug-likeness (QED) is 0.540. The largest absolute Gasteiger partial charge is 0.482 e. The number of ketones is 1.